The van der Waals surface area contributed by atoms with E-state index in [1.807, 2.05) is 31.2 Å². The molecule has 1 unspecified atom stereocenters. The molecule has 0 radical (unpaired) electrons. The minimum Gasteiger partial charge on any atom is -0.335 e. The van der Waals surface area contributed by atoms with Crippen molar-refractivity contribution in [2.45, 2.75) is 13.0 Å². The summed E-state index contributed by atoms with van der Waals surface area (Å²) >= 11 is 0. The standard InChI is InChI=1S/C16H16N4O/c1-12(14-4-3-7-17-11-14)19(2)16(21)13-6-9-20-15(10-13)5-8-18-20/h3-12H,1-2H3. The van der Waals surface area contributed by atoms with Gasteiger partial charge in [0, 0.05) is 37.4 Å². The fourth-order valence-corrected chi connectivity index (χ4v) is 2.28. The molecule has 106 valence electrons. The maximum Gasteiger partial charge on any atom is 0.254 e. The molecule has 3 aromatic heterocycles. The van der Waals surface area contributed by atoms with Gasteiger partial charge in [0.2, 0.25) is 0 Å². The summed E-state index contributed by atoms with van der Waals surface area (Å²) in [6.07, 6.45) is 7.02. The largest absolute Gasteiger partial charge is 0.335 e. The monoisotopic (exact) mass is 280 g/mol. The van der Waals surface area contributed by atoms with Gasteiger partial charge in [0.15, 0.2) is 0 Å². The highest BCUT2D eigenvalue weighted by molar-refractivity contribution is 5.95. The van der Waals surface area contributed by atoms with E-state index >= 15 is 0 Å². The number of fused-ring (bicyclic) bond motifs is 1. The lowest BCUT2D eigenvalue weighted by atomic mass is 10.1. The normalized spacial score (nSPS) is 12.3. The number of hydrogen-bond acceptors (Lipinski definition) is 3. The van der Waals surface area contributed by atoms with Crippen molar-refractivity contribution >= 4 is 11.4 Å². The van der Waals surface area contributed by atoms with Gasteiger partial charge in [0.25, 0.3) is 5.91 Å². The van der Waals surface area contributed by atoms with Gasteiger partial charge in [0.1, 0.15) is 0 Å². The molecule has 5 heteroatoms. The number of amides is 1. The van der Waals surface area contributed by atoms with Gasteiger partial charge in [-0.25, -0.2) is 4.52 Å². The van der Waals surface area contributed by atoms with Gasteiger partial charge in [0.05, 0.1) is 11.6 Å². The van der Waals surface area contributed by atoms with E-state index in [0.29, 0.717) is 5.56 Å². The Morgan fingerprint density at radius 3 is 2.90 bits per heavy atom. The molecule has 0 aliphatic heterocycles. The van der Waals surface area contributed by atoms with Crippen LogP contribution in [0.1, 0.15) is 28.9 Å². The first-order valence-electron chi connectivity index (χ1n) is 6.77. The lowest BCUT2D eigenvalue weighted by molar-refractivity contribution is 0.0742. The zero-order chi connectivity index (χ0) is 14.8. The van der Waals surface area contributed by atoms with Crippen molar-refractivity contribution in [1.82, 2.24) is 19.5 Å². The fourth-order valence-electron chi connectivity index (χ4n) is 2.28. The molecular formula is C16H16N4O. The summed E-state index contributed by atoms with van der Waals surface area (Å²) < 4.78 is 1.74. The van der Waals surface area contributed by atoms with E-state index in [1.165, 1.54) is 0 Å². The van der Waals surface area contributed by atoms with Crippen LogP contribution >= 0.6 is 0 Å². The zero-order valence-electron chi connectivity index (χ0n) is 12.0. The lowest BCUT2D eigenvalue weighted by Gasteiger charge is -2.25. The maximum atomic E-state index is 12.6. The van der Waals surface area contributed by atoms with E-state index in [1.54, 1.807) is 47.3 Å². The fraction of sp³-hybridized carbons (Fsp3) is 0.188. The van der Waals surface area contributed by atoms with Gasteiger partial charge in [-0.1, -0.05) is 6.07 Å². The SMILES string of the molecule is CC(c1cccnc1)N(C)C(=O)c1ccn2nccc2c1. The van der Waals surface area contributed by atoms with Crippen LogP contribution in [0.4, 0.5) is 0 Å². The predicted molar refractivity (Wildman–Crippen MR) is 79.9 cm³/mol. The summed E-state index contributed by atoms with van der Waals surface area (Å²) in [5, 5.41) is 4.13. The third-order valence-corrected chi connectivity index (χ3v) is 3.71. The molecule has 0 aromatic carbocycles. The highest BCUT2D eigenvalue weighted by Crippen LogP contribution is 2.20. The number of hydrogen-bond donors (Lipinski definition) is 0. The van der Waals surface area contributed by atoms with Gasteiger partial charge < -0.3 is 4.90 Å². The number of rotatable bonds is 3. The Balaban J connectivity index is 1.86. The summed E-state index contributed by atoms with van der Waals surface area (Å²) in [6, 6.07) is 9.33. The highest BCUT2D eigenvalue weighted by Gasteiger charge is 2.19. The number of carbonyl (C=O) groups is 1. The molecule has 0 bridgehead atoms. The Labute approximate surface area is 122 Å². The molecule has 0 aliphatic carbocycles. The summed E-state index contributed by atoms with van der Waals surface area (Å²) in [7, 11) is 1.81. The van der Waals surface area contributed by atoms with Crippen LogP contribution in [0.2, 0.25) is 0 Å². The second-order valence-corrected chi connectivity index (χ2v) is 4.99. The van der Waals surface area contributed by atoms with Crippen LogP contribution in [0, 0.1) is 0 Å². The van der Waals surface area contributed by atoms with E-state index in [9.17, 15) is 4.79 Å². The van der Waals surface area contributed by atoms with E-state index in [-0.39, 0.29) is 11.9 Å². The van der Waals surface area contributed by atoms with Crippen LogP contribution in [0.25, 0.3) is 5.52 Å². The Morgan fingerprint density at radius 2 is 2.14 bits per heavy atom. The van der Waals surface area contributed by atoms with Crippen molar-refractivity contribution in [3.63, 3.8) is 0 Å². The van der Waals surface area contributed by atoms with Gasteiger partial charge in [-0.3, -0.25) is 9.78 Å². The van der Waals surface area contributed by atoms with Crippen molar-refractivity contribution in [2.75, 3.05) is 7.05 Å². The number of nitrogens with zero attached hydrogens (tertiary/aromatic N) is 4. The molecule has 5 nitrogen and oxygen atoms in total. The summed E-state index contributed by atoms with van der Waals surface area (Å²) in [4.78, 5) is 18.4. The van der Waals surface area contributed by atoms with Crippen molar-refractivity contribution in [3.05, 3.63) is 66.2 Å². The van der Waals surface area contributed by atoms with E-state index in [0.717, 1.165) is 11.1 Å². The molecule has 1 atom stereocenters. The Bertz CT molecular complexity index is 766. The molecule has 21 heavy (non-hydrogen) atoms. The van der Waals surface area contributed by atoms with Crippen molar-refractivity contribution < 1.29 is 4.79 Å². The van der Waals surface area contributed by atoms with E-state index < -0.39 is 0 Å². The quantitative estimate of drug-likeness (QED) is 0.741. The summed E-state index contributed by atoms with van der Waals surface area (Å²) in [5.41, 5.74) is 2.57. The smallest absolute Gasteiger partial charge is 0.254 e. The van der Waals surface area contributed by atoms with E-state index in [4.69, 9.17) is 0 Å². The first kappa shape index (κ1) is 13.3. The van der Waals surface area contributed by atoms with Crippen LogP contribution in [0.5, 0.6) is 0 Å². The lowest BCUT2D eigenvalue weighted by Crippen LogP contribution is -2.29. The Hall–Kier alpha value is -2.69. The summed E-state index contributed by atoms with van der Waals surface area (Å²) in [6.45, 7) is 1.99. The average Bonchev–Trinajstić information content (AvgIpc) is 3.01. The maximum absolute atomic E-state index is 12.6. The minimum absolute atomic E-state index is 0.0185. The minimum atomic E-state index is -0.0349. The average molecular weight is 280 g/mol. The number of aromatic nitrogens is 3. The van der Waals surface area contributed by atoms with Crippen molar-refractivity contribution in [3.8, 4) is 0 Å². The van der Waals surface area contributed by atoms with Gasteiger partial charge in [-0.05, 0) is 36.8 Å². The van der Waals surface area contributed by atoms with Gasteiger partial charge >= 0.3 is 0 Å². The topological polar surface area (TPSA) is 50.5 Å². The highest BCUT2D eigenvalue weighted by atomic mass is 16.2. The molecule has 0 aliphatic rings. The number of carbonyl (C=O) groups excluding carboxylic acids is 1. The third kappa shape index (κ3) is 2.50. The summed E-state index contributed by atoms with van der Waals surface area (Å²) in [5.74, 6) is -0.0185. The van der Waals surface area contributed by atoms with Crippen molar-refractivity contribution in [2.24, 2.45) is 0 Å². The second kappa shape index (κ2) is 5.36. The van der Waals surface area contributed by atoms with Crippen LogP contribution in [-0.4, -0.2) is 32.5 Å². The molecule has 0 N–H and O–H groups in total. The zero-order valence-corrected chi connectivity index (χ0v) is 12.0. The molecule has 3 rings (SSSR count). The van der Waals surface area contributed by atoms with Crippen LogP contribution in [-0.2, 0) is 0 Å². The molecule has 0 saturated carbocycles. The molecule has 0 spiro atoms. The van der Waals surface area contributed by atoms with Gasteiger partial charge in [-0.15, -0.1) is 0 Å². The van der Waals surface area contributed by atoms with Crippen LogP contribution in [0.15, 0.2) is 55.1 Å². The Morgan fingerprint density at radius 1 is 1.29 bits per heavy atom. The molecule has 0 fully saturated rings. The molecule has 0 saturated heterocycles. The van der Waals surface area contributed by atoms with Crippen molar-refractivity contribution in [1.29, 1.82) is 0 Å². The van der Waals surface area contributed by atoms with Crippen LogP contribution in [0.3, 0.4) is 0 Å². The number of pyridine rings is 2. The van der Waals surface area contributed by atoms with E-state index in [2.05, 4.69) is 10.1 Å². The molecular weight excluding hydrogens is 264 g/mol. The van der Waals surface area contributed by atoms with Crippen LogP contribution < -0.4 is 0 Å². The first-order valence-corrected chi connectivity index (χ1v) is 6.77. The molecule has 1 amide bonds. The molecule has 3 heterocycles. The van der Waals surface area contributed by atoms with Gasteiger partial charge in [-0.2, -0.15) is 5.10 Å². The Kier molecular flexibility index (Phi) is 3.39. The second-order valence-electron chi connectivity index (χ2n) is 4.99. The molecule has 3 aromatic rings. The first-order chi connectivity index (χ1) is 10.2. The third-order valence-electron chi connectivity index (χ3n) is 3.71. The predicted octanol–water partition coefficient (Wildman–Crippen LogP) is 2.56.